The number of sulfonamides is 1. The smallest absolute Gasteiger partial charge is 0.326 e. The third kappa shape index (κ3) is 4.17. The van der Waals surface area contributed by atoms with Crippen LogP contribution in [0.25, 0.3) is 11.0 Å². The number of carbonyl (C=O) groups is 1. The number of para-hydroxylation sites is 2. The molecule has 5 rings (SSSR count). The summed E-state index contributed by atoms with van der Waals surface area (Å²) in [7, 11) is -1.67. The maximum atomic E-state index is 13.2. The second kappa shape index (κ2) is 9.01. The highest BCUT2D eigenvalue weighted by Crippen LogP contribution is 2.26. The van der Waals surface area contributed by atoms with Crippen molar-refractivity contribution < 1.29 is 13.2 Å². The number of hydrogen-bond donors (Lipinski definition) is 1. The first-order chi connectivity index (χ1) is 16.3. The number of nitrogens with one attached hydrogen (secondary N) is 1. The van der Waals surface area contributed by atoms with E-state index in [1.807, 2.05) is 31.3 Å². The fourth-order valence-corrected chi connectivity index (χ4v) is 6.38. The summed E-state index contributed by atoms with van der Waals surface area (Å²) in [4.78, 5) is 32.6. The normalized spacial score (nSPS) is 19.0. The topological polar surface area (TPSA) is 98.7 Å². The van der Waals surface area contributed by atoms with Crippen molar-refractivity contribution in [2.45, 2.75) is 23.8 Å². The molecule has 0 saturated carbocycles. The number of fused-ring (bicyclic) bond motifs is 1. The van der Waals surface area contributed by atoms with Gasteiger partial charge in [0, 0.05) is 50.9 Å². The number of likely N-dealkylation sites (tertiary alicyclic amines) is 1. The number of carbonyl (C=O) groups excluding carboxylic acids is 1. The van der Waals surface area contributed by atoms with E-state index in [1.54, 1.807) is 27.7 Å². The third-order valence-electron chi connectivity index (χ3n) is 6.92. The average Bonchev–Trinajstić information content (AvgIpc) is 3.19. The molecule has 2 aliphatic rings. The Hall–Kier alpha value is -2.95. The summed E-state index contributed by atoms with van der Waals surface area (Å²) in [5, 5.41) is 0. The molecule has 2 saturated heterocycles. The molecule has 1 amide bonds. The van der Waals surface area contributed by atoms with Gasteiger partial charge in [0.1, 0.15) is 0 Å². The van der Waals surface area contributed by atoms with Crippen LogP contribution in [0.1, 0.15) is 29.2 Å². The first kappa shape index (κ1) is 22.8. The van der Waals surface area contributed by atoms with Gasteiger partial charge in [-0.05, 0) is 50.2 Å². The fraction of sp³-hybridized carbons (Fsp3) is 0.417. The number of H-pyrrole nitrogens is 1. The van der Waals surface area contributed by atoms with E-state index in [-0.39, 0.29) is 22.5 Å². The number of hydrogen-bond acceptors (Lipinski definition) is 5. The van der Waals surface area contributed by atoms with E-state index in [0.717, 1.165) is 11.0 Å². The van der Waals surface area contributed by atoms with Crippen LogP contribution < -0.4 is 5.69 Å². The van der Waals surface area contributed by atoms with Crippen molar-refractivity contribution in [1.82, 2.24) is 23.7 Å². The molecular formula is C24H29N5O4S. The zero-order valence-corrected chi connectivity index (χ0v) is 20.0. The number of aromatic amines is 1. The largest absolute Gasteiger partial charge is 0.338 e. The molecule has 180 valence electrons. The first-order valence-corrected chi connectivity index (χ1v) is 13.1. The van der Waals surface area contributed by atoms with Crippen molar-refractivity contribution in [1.29, 1.82) is 0 Å². The molecule has 0 bridgehead atoms. The number of piperazine rings is 1. The van der Waals surface area contributed by atoms with E-state index >= 15 is 0 Å². The predicted molar refractivity (Wildman–Crippen MR) is 129 cm³/mol. The zero-order chi connectivity index (χ0) is 23.9. The molecule has 2 aliphatic heterocycles. The monoisotopic (exact) mass is 483 g/mol. The Morgan fingerprint density at radius 1 is 0.941 bits per heavy atom. The number of benzene rings is 2. The van der Waals surface area contributed by atoms with E-state index in [9.17, 15) is 18.0 Å². The molecule has 10 heteroatoms. The minimum Gasteiger partial charge on any atom is -0.338 e. The van der Waals surface area contributed by atoms with E-state index in [0.29, 0.717) is 57.7 Å². The summed E-state index contributed by atoms with van der Waals surface area (Å²) in [5.41, 5.74) is 1.93. The maximum absolute atomic E-state index is 13.2. The van der Waals surface area contributed by atoms with Crippen molar-refractivity contribution in [2.24, 2.45) is 0 Å². The highest BCUT2D eigenvalue weighted by atomic mass is 32.2. The number of amides is 1. The molecule has 9 nitrogen and oxygen atoms in total. The van der Waals surface area contributed by atoms with Crippen LogP contribution in [0, 0.1) is 0 Å². The zero-order valence-electron chi connectivity index (χ0n) is 19.2. The summed E-state index contributed by atoms with van der Waals surface area (Å²) < 4.78 is 29.5. The molecule has 0 aliphatic carbocycles. The lowest BCUT2D eigenvalue weighted by Gasteiger charge is -2.33. The predicted octanol–water partition coefficient (Wildman–Crippen LogP) is 1.74. The van der Waals surface area contributed by atoms with E-state index < -0.39 is 10.0 Å². The Balaban J connectivity index is 1.30. The Labute approximate surface area is 198 Å². The van der Waals surface area contributed by atoms with Crippen LogP contribution in [0.3, 0.4) is 0 Å². The molecule has 0 spiro atoms. The van der Waals surface area contributed by atoms with Crippen LogP contribution in [-0.4, -0.2) is 84.3 Å². The van der Waals surface area contributed by atoms with Crippen molar-refractivity contribution >= 4 is 27.0 Å². The highest BCUT2D eigenvalue weighted by molar-refractivity contribution is 7.89. The number of nitrogens with zero attached hydrogens (tertiary/aromatic N) is 4. The van der Waals surface area contributed by atoms with Gasteiger partial charge in [-0.15, -0.1) is 0 Å². The molecule has 0 atom stereocenters. The second-order valence-corrected chi connectivity index (χ2v) is 11.0. The van der Waals surface area contributed by atoms with Crippen molar-refractivity contribution in [3.05, 3.63) is 64.6 Å². The van der Waals surface area contributed by atoms with Crippen LogP contribution in [0.4, 0.5) is 0 Å². The summed E-state index contributed by atoms with van der Waals surface area (Å²) in [6.45, 7) is 3.27. The number of piperidine rings is 1. The van der Waals surface area contributed by atoms with Crippen LogP contribution in [0.5, 0.6) is 0 Å². The summed E-state index contributed by atoms with van der Waals surface area (Å²) in [5.74, 6) is -0.180. The highest BCUT2D eigenvalue weighted by Gasteiger charge is 2.30. The first-order valence-electron chi connectivity index (χ1n) is 11.6. The molecule has 1 N–H and O–H groups in total. The lowest BCUT2D eigenvalue weighted by molar-refractivity contribution is 0.0694. The van der Waals surface area contributed by atoms with Gasteiger partial charge in [0.2, 0.25) is 10.0 Å². The molecule has 1 aromatic heterocycles. The van der Waals surface area contributed by atoms with E-state index in [4.69, 9.17) is 0 Å². The molecular weight excluding hydrogens is 454 g/mol. The van der Waals surface area contributed by atoms with Crippen LogP contribution in [0.15, 0.2) is 58.2 Å². The van der Waals surface area contributed by atoms with Gasteiger partial charge in [0.15, 0.2) is 0 Å². The Kier molecular flexibility index (Phi) is 6.05. The summed E-state index contributed by atoms with van der Waals surface area (Å²) in [6, 6.07) is 14.0. The van der Waals surface area contributed by atoms with Gasteiger partial charge in [-0.25, -0.2) is 13.2 Å². The molecule has 0 unspecified atom stereocenters. The molecule has 0 radical (unpaired) electrons. The Morgan fingerprint density at radius 2 is 1.65 bits per heavy atom. The fourth-order valence-electron chi connectivity index (χ4n) is 4.91. The molecule has 3 aromatic rings. The van der Waals surface area contributed by atoms with Gasteiger partial charge in [0.25, 0.3) is 5.91 Å². The van der Waals surface area contributed by atoms with Crippen LogP contribution in [-0.2, 0) is 10.0 Å². The number of imidazole rings is 1. The minimum absolute atomic E-state index is 0.0108. The average molecular weight is 484 g/mol. The van der Waals surface area contributed by atoms with Gasteiger partial charge < -0.3 is 14.8 Å². The Morgan fingerprint density at radius 3 is 2.38 bits per heavy atom. The summed E-state index contributed by atoms with van der Waals surface area (Å²) >= 11 is 0. The number of likely N-dealkylation sites (N-methyl/N-ethyl adjacent to an activating group) is 1. The van der Waals surface area contributed by atoms with E-state index in [2.05, 4.69) is 9.88 Å². The van der Waals surface area contributed by atoms with E-state index in [1.165, 1.54) is 10.4 Å². The Bertz CT molecular complexity index is 1360. The SMILES string of the molecule is CN1CCN(S(=O)(=O)c2cccc(C(=O)N3CCC(n4c(=O)[nH]c5ccccc54)CC3)c2)CC1. The molecule has 2 fully saturated rings. The molecule has 2 aromatic carbocycles. The standard InChI is InChI=1S/C24H29N5O4S/c1-26-13-15-28(16-14-26)34(32,33)20-6-4-5-18(17-20)23(30)27-11-9-19(10-12-27)29-22-8-3-2-7-21(22)25-24(29)31/h2-8,17,19H,9-16H2,1H3,(H,25,31). The third-order valence-corrected chi connectivity index (χ3v) is 8.82. The second-order valence-electron chi connectivity index (χ2n) is 9.08. The van der Waals surface area contributed by atoms with Gasteiger partial charge in [-0.3, -0.25) is 9.36 Å². The summed E-state index contributed by atoms with van der Waals surface area (Å²) in [6.07, 6.45) is 1.32. The van der Waals surface area contributed by atoms with Gasteiger partial charge in [0.05, 0.1) is 15.9 Å². The van der Waals surface area contributed by atoms with Gasteiger partial charge in [-0.1, -0.05) is 18.2 Å². The maximum Gasteiger partial charge on any atom is 0.326 e. The van der Waals surface area contributed by atoms with Crippen LogP contribution in [0.2, 0.25) is 0 Å². The van der Waals surface area contributed by atoms with Crippen molar-refractivity contribution in [3.63, 3.8) is 0 Å². The lowest BCUT2D eigenvalue weighted by Crippen LogP contribution is -2.47. The minimum atomic E-state index is -3.64. The number of rotatable bonds is 4. The van der Waals surface area contributed by atoms with Crippen LogP contribution >= 0.6 is 0 Å². The van der Waals surface area contributed by atoms with Crippen molar-refractivity contribution in [2.75, 3.05) is 46.3 Å². The molecule has 34 heavy (non-hydrogen) atoms. The van der Waals surface area contributed by atoms with Gasteiger partial charge in [-0.2, -0.15) is 4.31 Å². The van der Waals surface area contributed by atoms with Crippen molar-refractivity contribution in [3.8, 4) is 0 Å². The number of aromatic nitrogens is 2. The quantitative estimate of drug-likeness (QED) is 0.610. The van der Waals surface area contributed by atoms with Gasteiger partial charge >= 0.3 is 5.69 Å². The lowest BCUT2D eigenvalue weighted by atomic mass is 10.0. The molecule has 3 heterocycles.